The number of halogens is 2. The van der Waals surface area contributed by atoms with Crippen molar-refractivity contribution in [3.05, 3.63) is 80.8 Å². The van der Waals surface area contributed by atoms with Gasteiger partial charge in [-0.2, -0.15) is 0 Å². The maximum atomic E-state index is 12.5. The molecule has 1 aliphatic rings. The summed E-state index contributed by atoms with van der Waals surface area (Å²) in [5.74, 6) is -0.627. The fraction of sp³-hybridized carbons (Fsp3) is 0.167. The van der Waals surface area contributed by atoms with Gasteiger partial charge in [-0.3, -0.25) is 9.59 Å². The molecule has 0 aliphatic heterocycles. The fourth-order valence-corrected chi connectivity index (χ4v) is 4.18. The Morgan fingerprint density at radius 3 is 2.45 bits per heavy atom. The van der Waals surface area contributed by atoms with Crippen LogP contribution in [0.3, 0.4) is 0 Å². The molecule has 0 bridgehead atoms. The van der Waals surface area contributed by atoms with Crippen LogP contribution in [0.15, 0.2) is 48.5 Å². The number of likely N-dealkylation sites (N-methyl/N-ethyl adjacent to an activating group) is 1. The van der Waals surface area contributed by atoms with E-state index < -0.39 is 5.91 Å². The van der Waals surface area contributed by atoms with Crippen molar-refractivity contribution in [2.75, 3.05) is 20.1 Å². The molecule has 0 spiro atoms. The maximum absolute atomic E-state index is 12.5. The number of amides is 2. The zero-order chi connectivity index (χ0) is 22.1. The summed E-state index contributed by atoms with van der Waals surface area (Å²) in [6, 6.07) is 14.8. The van der Waals surface area contributed by atoms with Crippen LogP contribution in [0.4, 0.5) is 0 Å². The van der Waals surface area contributed by atoms with E-state index in [1.807, 2.05) is 37.4 Å². The van der Waals surface area contributed by atoms with Gasteiger partial charge in [-0.15, -0.1) is 0 Å². The summed E-state index contributed by atoms with van der Waals surface area (Å²) in [6.07, 6.45) is 0.590. The lowest BCUT2D eigenvalue weighted by atomic mass is 9.93. The van der Waals surface area contributed by atoms with Crippen molar-refractivity contribution in [3.63, 3.8) is 0 Å². The number of nitrogens with one attached hydrogen (secondary N) is 2. The van der Waals surface area contributed by atoms with Crippen LogP contribution in [-0.2, 0) is 6.42 Å². The Hall–Kier alpha value is -2.86. The van der Waals surface area contributed by atoms with Crippen molar-refractivity contribution in [2.45, 2.75) is 6.42 Å². The molecule has 4 rings (SSSR count). The highest BCUT2D eigenvalue weighted by molar-refractivity contribution is 6.42. The largest absolute Gasteiger partial charge is 0.366 e. The summed E-state index contributed by atoms with van der Waals surface area (Å²) < 4.78 is 0. The lowest BCUT2D eigenvalue weighted by Crippen LogP contribution is -2.30. The maximum Gasteiger partial charge on any atom is 0.251 e. The van der Waals surface area contributed by atoms with Crippen LogP contribution in [0.1, 0.15) is 31.8 Å². The third-order valence-electron chi connectivity index (χ3n) is 5.46. The summed E-state index contributed by atoms with van der Waals surface area (Å²) in [5, 5.41) is 6.78. The molecule has 0 radical (unpaired) electrons. The molecule has 0 saturated carbocycles. The predicted octanol–water partition coefficient (Wildman–Crippen LogP) is 4.28. The lowest BCUT2D eigenvalue weighted by Gasteiger charge is -2.12. The second-order valence-electron chi connectivity index (χ2n) is 7.45. The van der Waals surface area contributed by atoms with Crippen molar-refractivity contribution in [1.82, 2.24) is 10.6 Å². The Bertz CT molecular complexity index is 1210. The van der Waals surface area contributed by atoms with Gasteiger partial charge in [-0.25, -0.2) is 0 Å². The molecule has 0 atom stereocenters. The third kappa shape index (κ3) is 4.17. The fourth-order valence-electron chi connectivity index (χ4n) is 3.88. The minimum atomic E-state index is -0.490. The van der Waals surface area contributed by atoms with E-state index in [2.05, 4.69) is 10.6 Å². The van der Waals surface area contributed by atoms with Crippen molar-refractivity contribution in [1.29, 1.82) is 0 Å². The van der Waals surface area contributed by atoms with E-state index >= 15 is 0 Å². The van der Waals surface area contributed by atoms with Crippen LogP contribution in [0.2, 0.25) is 10.0 Å². The summed E-state index contributed by atoms with van der Waals surface area (Å²) in [7, 11) is 1.83. The van der Waals surface area contributed by atoms with Crippen LogP contribution < -0.4 is 16.4 Å². The van der Waals surface area contributed by atoms with Gasteiger partial charge in [0.05, 0.1) is 10.0 Å². The first-order chi connectivity index (χ1) is 14.9. The molecule has 0 fully saturated rings. The van der Waals surface area contributed by atoms with E-state index in [9.17, 15) is 9.59 Å². The van der Waals surface area contributed by atoms with Gasteiger partial charge < -0.3 is 16.4 Å². The Morgan fingerprint density at radius 2 is 1.74 bits per heavy atom. The molecule has 0 unspecified atom stereocenters. The first-order valence-electron chi connectivity index (χ1n) is 9.87. The highest BCUT2D eigenvalue weighted by Crippen LogP contribution is 2.42. The second kappa shape index (κ2) is 8.71. The van der Waals surface area contributed by atoms with Gasteiger partial charge in [-0.1, -0.05) is 35.3 Å². The number of rotatable bonds is 6. The number of fused-ring (bicyclic) bond motifs is 3. The predicted molar refractivity (Wildman–Crippen MR) is 125 cm³/mol. The van der Waals surface area contributed by atoms with E-state index in [-0.39, 0.29) is 5.91 Å². The lowest BCUT2D eigenvalue weighted by molar-refractivity contribution is 0.0952. The van der Waals surface area contributed by atoms with E-state index in [0.717, 1.165) is 33.4 Å². The Morgan fingerprint density at radius 1 is 0.935 bits per heavy atom. The molecule has 31 heavy (non-hydrogen) atoms. The Balaban J connectivity index is 1.80. The van der Waals surface area contributed by atoms with Gasteiger partial charge in [-0.05, 0) is 83.2 Å². The van der Waals surface area contributed by atoms with Crippen molar-refractivity contribution in [3.8, 4) is 22.3 Å². The highest BCUT2D eigenvalue weighted by atomic mass is 35.5. The van der Waals surface area contributed by atoms with E-state index in [1.54, 1.807) is 18.2 Å². The molecule has 0 saturated heterocycles. The minimum Gasteiger partial charge on any atom is -0.366 e. The van der Waals surface area contributed by atoms with Gasteiger partial charge in [0.15, 0.2) is 0 Å². The van der Waals surface area contributed by atoms with Gasteiger partial charge in [0.25, 0.3) is 5.91 Å². The number of hydrogen-bond donors (Lipinski definition) is 3. The second-order valence-corrected chi connectivity index (χ2v) is 8.27. The number of carbonyl (C=O) groups is 2. The first kappa shape index (κ1) is 21.4. The standard InChI is InChI=1S/C24H21Cl2N3O2/c1-28-6-7-29-24(31)15-3-2-14-8-19-18(17(14)9-15)10-16(11-20(19)23(27)30)13-4-5-21(25)22(26)12-13/h2-5,9-12,28H,6-8H2,1H3,(H2,27,30)(H,29,31). The van der Waals surface area contributed by atoms with Gasteiger partial charge in [0.1, 0.15) is 0 Å². The average Bonchev–Trinajstić information content (AvgIpc) is 3.12. The smallest absolute Gasteiger partial charge is 0.251 e. The molecule has 158 valence electrons. The van der Waals surface area contributed by atoms with Crippen LogP contribution in [-0.4, -0.2) is 32.0 Å². The Kier molecular flexibility index (Phi) is 6.01. The van der Waals surface area contributed by atoms with Crippen LogP contribution in [0.25, 0.3) is 22.3 Å². The normalized spacial score (nSPS) is 11.7. The van der Waals surface area contributed by atoms with E-state index in [4.69, 9.17) is 28.9 Å². The van der Waals surface area contributed by atoms with E-state index in [1.165, 1.54) is 0 Å². The molecular weight excluding hydrogens is 433 g/mol. The highest BCUT2D eigenvalue weighted by Gasteiger charge is 2.25. The zero-order valence-corrected chi connectivity index (χ0v) is 18.4. The van der Waals surface area contributed by atoms with Gasteiger partial charge in [0.2, 0.25) is 5.91 Å². The number of primary amides is 1. The third-order valence-corrected chi connectivity index (χ3v) is 6.20. The quantitative estimate of drug-likeness (QED) is 0.381. The first-order valence-corrected chi connectivity index (χ1v) is 10.6. The van der Waals surface area contributed by atoms with Crippen molar-refractivity contribution < 1.29 is 9.59 Å². The van der Waals surface area contributed by atoms with Crippen LogP contribution in [0.5, 0.6) is 0 Å². The van der Waals surface area contributed by atoms with Gasteiger partial charge >= 0.3 is 0 Å². The monoisotopic (exact) mass is 453 g/mol. The minimum absolute atomic E-state index is 0.137. The molecule has 2 amide bonds. The van der Waals surface area contributed by atoms with E-state index in [0.29, 0.717) is 40.7 Å². The molecule has 0 heterocycles. The zero-order valence-electron chi connectivity index (χ0n) is 16.9. The number of carbonyl (C=O) groups excluding carboxylic acids is 2. The number of nitrogens with two attached hydrogens (primary N) is 1. The summed E-state index contributed by atoms with van der Waals surface area (Å²) in [6.45, 7) is 1.23. The van der Waals surface area contributed by atoms with Crippen molar-refractivity contribution in [2.24, 2.45) is 5.73 Å². The molecule has 3 aromatic rings. The average molecular weight is 454 g/mol. The van der Waals surface area contributed by atoms with Crippen LogP contribution in [0, 0.1) is 0 Å². The SMILES string of the molecule is CNCCNC(=O)c1ccc2c(c1)-c1cc(-c3ccc(Cl)c(Cl)c3)cc(C(N)=O)c1C2. The summed E-state index contributed by atoms with van der Waals surface area (Å²) in [4.78, 5) is 24.8. The molecule has 3 aromatic carbocycles. The summed E-state index contributed by atoms with van der Waals surface area (Å²) >= 11 is 12.3. The van der Waals surface area contributed by atoms with Gasteiger partial charge in [0, 0.05) is 24.2 Å². The van der Waals surface area contributed by atoms with Crippen molar-refractivity contribution >= 4 is 35.0 Å². The van der Waals surface area contributed by atoms with Crippen LogP contribution >= 0.6 is 23.2 Å². The molecule has 1 aliphatic carbocycles. The Labute approximate surface area is 190 Å². The molecule has 7 heteroatoms. The molecule has 4 N–H and O–H groups in total. The topological polar surface area (TPSA) is 84.2 Å². The molecule has 0 aromatic heterocycles. The number of hydrogen-bond acceptors (Lipinski definition) is 3. The molecule has 5 nitrogen and oxygen atoms in total. The molecular formula is C24H21Cl2N3O2. The number of benzene rings is 3. The summed E-state index contributed by atoms with van der Waals surface area (Å²) in [5.41, 5.74) is 12.1.